The van der Waals surface area contributed by atoms with Crippen LogP contribution in [0.25, 0.3) is 0 Å². The van der Waals surface area contributed by atoms with E-state index in [4.69, 9.17) is 16.7 Å². The van der Waals surface area contributed by atoms with Gasteiger partial charge in [-0.05, 0) is 24.0 Å². The molecule has 0 amide bonds. The highest BCUT2D eigenvalue weighted by Gasteiger charge is 2.67. The zero-order chi connectivity index (χ0) is 13.5. The van der Waals surface area contributed by atoms with Crippen LogP contribution in [0, 0.1) is 17.3 Å². The van der Waals surface area contributed by atoms with Gasteiger partial charge in [0.2, 0.25) is 0 Å². The molecule has 0 aliphatic heterocycles. The Labute approximate surface area is 111 Å². The summed E-state index contributed by atoms with van der Waals surface area (Å²) in [7, 11) is 0. The minimum atomic E-state index is -0.889. The van der Waals surface area contributed by atoms with E-state index in [9.17, 15) is 9.59 Å². The minimum Gasteiger partial charge on any atom is -0.481 e. The van der Waals surface area contributed by atoms with Gasteiger partial charge in [-0.25, -0.2) is 0 Å². The molecule has 4 heteroatoms. The van der Waals surface area contributed by atoms with Crippen LogP contribution in [-0.4, -0.2) is 16.9 Å². The monoisotopic (exact) mass is 266 g/mol. The molecular formula is C14H15ClO3. The second-order valence-electron chi connectivity index (χ2n) is 5.03. The Morgan fingerprint density at radius 3 is 2.50 bits per heavy atom. The lowest BCUT2D eigenvalue weighted by Crippen LogP contribution is -2.08. The molecule has 96 valence electrons. The van der Waals surface area contributed by atoms with Crippen LogP contribution in [0.1, 0.15) is 30.6 Å². The van der Waals surface area contributed by atoms with Crippen molar-refractivity contribution in [2.45, 2.75) is 20.3 Å². The third-order valence-corrected chi connectivity index (χ3v) is 4.30. The van der Waals surface area contributed by atoms with Gasteiger partial charge in [-0.3, -0.25) is 9.59 Å². The van der Waals surface area contributed by atoms with Gasteiger partial charge in [-0.1, -0.05) is 37.6 Å². The Kier molecular flexibility index (Phi) is 3.20. The fraction of sp³-hybridized carbons (Fsp3) is 0.429. The fourth-order valence-electron chi connectivity index (χ4n) is 2.70. The maximum atomic E-state index is 12.3. The van der Waals surface area contributed by atoms with Gasteiger partial charge >= 0.3 is 5.97 Å². The summed E-state index contributed by atoms with van der Waals surface area (Å²) in [6.45, 7) is 3.78. The number of rotatable bonds is 4. The topological polar surface area (TPSA) is 54.4 Å². The standard InChI is InChI=1S/C14H15ClO3/c1-3-14(2)10(11(14)13(17)18)12(16)8-5-4-6-9(15)7-8/h4-7,10-11H,3H2,1-2H3,(H,17,18). The molecule has 0 heterocycles. The number of ketones is 1. The highest BCUT2D eigenvalue weighted by Crippen LogP contribution is 2.62. The molecule has 2 rings (SSSR count). The summed E-state index contributed by atoms with van der Waals surface area (Å²) in [4.78, 5) is 23.5. The van der Waals surface area contributed by atoms with Crippen molar-refractivity contribution in [3.05, 3.63) is 34.9 Å². The van der Waals surface area contributed by atoms with Gasteiger partial charge in [-0.15, -0.1) is 0 Å². The number of carboxylic acids is 1. The predicted octanol–water partition coefficient (Wildman–Crippen LogP) is 3.27. The highest BCUT2D eigenvalue weighted by atomic mass is 35.5. The van der Waals surface area contributed by atoms with Crippen LogP contribution < -0.4 is 0 Å². The number of carbonyl (C=O) groups excluding carboxylic acids is 1. The molecule has 1 fully saturated rings. The van der Waals surface area contributed by atoms with Crippen LogP contribution in [0.2, 0.25) is 5.02 Å². The summed E-state index contributed by atoms with van der Waals surface area (Å²) in [5.41, 5.74) is 0.0709. The molecule has 1 aliphatic rings. The molecule has 1 saturated carbocycles. The summed E-state index contributed by atoms with van der Waals surface area (Å²) >= 11 is 5.85. The van der Waals surface area contributed by atoms with Crippen LogP contribution in [-0.2, 0) is 4.79 Å². The number of carboxylic acid groups (broad SMARTS) is 1. The third-order valence-electron chi connectivity index (χ3n) is 4.06. The Morgan fingerprint density at radius 1 is 1.39 bits per heavy atom. The van der Waals surface area contributed by atoms with E-state index in [1.807, 2.05) is 13.8 Å². The third kappa shape index (κ3) is 1.93. The van der Waals surface area contributed by atoms with Crippen molar-refractivity contribution in [3.63, 3.8) is 0 Å². The van der Waals surface area contributed by atoms with Crippen molar-refractivity contribution in [1.82, 2.24) is 0 Å². The van der Waals surface area contributed by atoms with Gasteiger partial charge in [0.1, 0.15) is 0 Å². The molecule has 18 heavy (non-hydrogen) atoms. The Hall–Kier alpha value is -1.35. The molecule has 0 saturated heterocycles. The molecule has 1 aromatic carbocycles. The average molecular weight is 267 g/mol. The summed E-state index contributed by atoms with van der Waals surface area (Å²) in [6, 6.07) is 6.68. The lowest BCUT2D eigenvalue weighted by molar-refractivity contribution is -0.139. The SMILES string of the molecule is CCC1(C)C(C(=O)O)C1C(=O)c1cccc(Cl)c1. The fourth-order valence-corrected chi connectivity index (χ4v) is 2.89. The van der Waals surface area contributed by atoms with Gasteiger partial charge in [0.15, 0.2) is 5.78 Å². The van der Waals surface area contributed by atoms with E-state index in [0.29, 0.717) is 17.0 Å². The molecular weight excluding hydrogens is 252 g/mol. The van der Waals surface area contributed by atoms with E-state index in [-0.39, 0.29) is 5.78 Å². The smallest absolute Gasteiger partial charge is 0.307 e. The molecule has 0 radical (unpaired) electrons. The first kappa shape index (κ1) is 13.1. The quantitative estimate of drug-likeness (QED) is 0.851. The zero-order valence-corrected chi connectivity index (χ0v) is 11.1. The molecule has 0 aromatic heterocycles. The maximum Gasteiger partial charge on any atom is 0.307 e. The van der Waals surface area contributed by atoms with Crippen molar-refractivity contribution in [3.8, 4) is 0 Å². The van der Waals surface area contributed by atoms with Gasteiger partial charge in [0.25, 0.3) is 0 Å². The lowest BCUT2D eigenvalue weighted by Gasteiger charge is -2.06. The Morgan fingerprint density at radius 2 is 2.06 bits per heavy atom. The number of halogens is 1. The molecule has 1 N–H and O–H groups in total. The number of benzene rings is 1. The molecule has 0 bridgehead atoms. The molecule has 3 atom stereocenters. The number of carbonyl (C=O) groups is 2. The first-order valence-electron chi connectivity index (χ1n) is 5.94. The number of aliphatic carboxylic acids is 1. The highest BCUT2D eigenvalue weighted by molar-refractivity contribution is 6.31. The van der Waals surface area contributed by atoms with Crippen LogP contribution in [0.5, 0.6) is 0 Å². The summed E-state index contributed by atoms with van der Waals surface area (Å²) < 4.78 is 0. The van der Waals surface area contributed by atoms with Crippen LogP contribution >= 0.6 is 11.6 Å². The van der Waals surface area contributed by atoms with E-state index in [1.54, 1.807) is 24.3 Å². The Bertz CT molecular complexity index is 512. The summed E-state index contributed by atoms with van der Waals surface area (Å²) in [5.74, 6) is -2.01. The van der Waals surface area contributed by atoms with Gasteiger partial charge in [0.05, 0.1) is 5.92 Å². The van der Waals surface area contributed by atoms with Crippen molar-refractivity contribution in [1.29, 1.82) is 0 Å². The van der Waals surface area contributed by atoms with Gasteiger partial charge in [-0.2, -0.15) is 0 Å². The van der Waals surface area contributed by atoms with E-state index >= 15 is 0 Å². The van der Waals surface area contributed by atoms with E-state index in [0.717, 1.165) is 0 Å². The number of hydrogen-bond donors (Lipinski definition) is 1. The van der Waals surface area contributed by atoms with Crippen LogP contribution in [0.4, 0.5) is 0 Å². The molecule has 3 unspecified atom stereocenters. The Balaban J connectivity index is 2.28. The van der Waals surface area contributed by atoms with Crippen molar-refractivity contribution in [2.24, 2.45) is 17.3 Å². The lowest BCUT2D eigenvalue weighted by atomic mass is 9.97. The van der Waals surface area contributed by atoms with Crippen LogP contribution in [0.15, 0.2) is 24.3 Å². The molecule has 1 aromatic rings. The van der Waals surface area contributed by atoms with E-state index in [1.165, 1.54) is 0 Å². The van der Waals surface area contributed by atoms with Crippen molar-refractivity contribution < 1.29 is 14.7 Å². The second-order valence-corrected chi connectivity index (χ2v) is 5.46. The largest absolute Gasteiger partial charge is 0.481 e. The van der Waals surface area contributed by atoms with Gasteiger partial charge in [0, 0.05) is 16.5 Å². The second kappa shape index (κ2) is 4.39. The van der Waals surface area contributed by atoms with E-state index < -0.39 is 23.2 Å². The molecule has 1 aliphatic carbocycles. The molecule has 3 nitrogen and oxygen atoms in total. The van der Waals surface area contributed by atoms with Crippen molar-refractivity contribution in [2.75, 3.05) is 0 Å². The summed E-state index contributed by atoms with van der Waals surface area (Å²) in [6.07, 6.45) is 0.681. The predicted molar refractivity (Wildman–Crippen MR) is 68.8 cm³/mol. The number of hydrogen-bond acceptors (Lipinski definition) is 2. The first-order valence-corrected chi connectivity index (χ1v) is 6.32. The normalized spacial score (nSPS) is 29.9. The minimum absolute atomic E-state index is 0.116. The van der Waals surface area contributed by atoms with E-state index in [2.05, 4.69) is 0 Å². The molecule has 0 spiro atoms. The first-order chi connectivity index (χ1) is 8.41. The average Bonchev–Trinajstić information content (AvgIpc) is 2.96. The number of Topliss-reactive ketones (excluding diaryl/α,β-unsaturated/α-hetero) is 1. The van der Waals surface area contributed by atoms with Crippen molar-refractivity contribution >= 4 is 23.4 Å². The zero-order valence-electron chi connectivity index (χ0n) is 10.3. The van der Waals surface area contributed by atoms with Gasteiger partial charge < -0.3 is 5.11 Å². The van der Waals surface area contributed by atoms with Crippen LogP contribution in [0.3, 0.4) is 0 Å². The summed E-state index contributed by atoms with van der Waals surface area (Å²) in [5, 5.41) is 9.65. The maximum absolute atomic E-state index is 12.3.